The van der Waals surface area contributed by atoms with Crippen LogP contribution in [0.1, 0.15) is 6.42 Å². The number of nitrogens with zero attached hydrogens (tertiary/aromatic N) is 4. The zero-order valence-corrected chi connectivity index (χ0v) is 16.4. The lowest BCUT2D eigenvalue weighted by molar-refractivity contribution is -0.396. The molecule has 1 heterocycles. The minimum atomic E-state index is -4.64. The summed E-state index contributed by atoms with van der Waals surface area (Å²) in [5.74, 6) is 0.00657. The molecular weight excluding hydrogens is 432 g/mol. The van der Waals surface area contributed by atoms with E-state index in [4.69, 9.17) is 4.74 Å². The molecule has 1 N–H and O–H groups in total. The predicted molar refractivity (Wildman–Crippen MR) is 106 cm³/mol. The van der Waals surface area contributed by atoms with Crippen molar-refractivity contribution in [2.45, 2.75) is 23.5 Å². The lowest BCUT2D eigenvalue weighted by atomic mass is 10.1. The van der Waals surface area contributed by atoms with Gasteiger partial charge in [0.25, 0.3) is 21.4 Å². The van der Waals surface area contributed by atoms with Crippen LogP contribution < -0.4 is 0 Å². The van der Waals surface area contributed by atoms with Gasteiger partial charge in [0, 0.05) is 6.07 Å². The Morgan fingerprint density at radius 2 is 1.90 bits per heavy atom. The molecule has 0 bridgehead atoms. The molecule has 31 heavy (non-hydrogen) atoms. The van der Waals surface area contributed by atoms with E-state index in [2.05, 4.69) is 4.40 Å². The summed E-state index contributed by atoms with van der Waals surface area (Å²) in [4.78, 5) is 19.5. The van der Waals surface area contributed by atoms with Crippen molar-refractivity contribution in [1.29, 1.82) is 0 Å². The summed E-state index contributed by atoms with van der Waals surface area (Å²) in [5, 5.41) is 33.6. The van der Waals surface area contributed by atoms with Gasteiger partial charge in [-0.15, -0.1) is 0 Å². The fourth-order valence-corrected chi connectivity index (χ4v) is 4.54. The lowest BCUT2D eigenvalue weighted by Crippen LogP contribution is -2.28. The van der Waals surface area contributed by atoms with E-state index in [0.29, 0.717) is 12.5 Å². The maximum atomic E-state index is 12.9. The summed E-state index contributed by atoms with van der Waals surface area (Å²) in [6, 6.07) is 1.82. The Balaban J connectivity index is 1.80. The number of nitro benzene ring substituents is 2. The van der Waals surface area contributed by atoms with Gasteiger partial charge in [-0.2, -0.15) is 12.8 Å². The molecule has 160 valence electrons. The predicted octanol–water partition coefficient (Wildman–Crippen LogP) is 2.39. The molecule has 2 atom stereocenters. The number of sulfonamides is 1. The third-order valence-corrected chi connectivity index (χ3v) is 6.17. The quantitative estimate of drug-likeness (QED) is 0.415. The molecule has 1 fully saturated rings. The summed E-state index contributed by atoms with van der Waals surface area (Å²) in [5.41, 5.74) is -1.55. The molecule has 1 aromatic carbocycles. The van der Waals surface area contributed by atoms with Crippen molar-refractivity contribution in [2.24, 2.45) is 4.40 Å². The minimum absolute atomic E-state index is 0.00657. The van der Waals surface area contributed by atoms with Gasteiger partial charge in [0.15, 0.2) is 4.90 Å². The Morgan fingerprint density at radius 1 is 1.16 bits per heavy atom. The largest absolute Gasteiger partial charge is 0.467 e. The van der Waals surface area contributed by atoms with Gasteiger partial charge < -0.3 is 4.74 Å². The number of hydrogen-bond donors (Lipinski definition) is 1. The highest BCUT2D eigenvalue weighted by molar-refractivity contribution is 7.90. The number of non-ortho nitro benzene ring substituents is 1. The number of hydrogen-bond acceptors (Lipinski definition) is 9. The first-order chi connectivity index (χ1) is 14.7. The standard InChI is InChI=1S/C18H14N4O8S/c23-20-14-6-3-7-16(14)30-18(20)12-4-1-2-5-13(12)19-31(28,29)17-9-8-11(21(24)25)10-15(17)22(26)27/h1-5,7-10,14,16,23H,6H2/b18-12-,19-13+/t14-,16+/m0/s1. The Hall–Kier alpha value is -3.84. The van der Waals surface area contributed by atoms with Crippen molar-refractivity contribution in [3.05, 3.63) is 86.3 Å². The number of hydroxylamine groups is 2. The molecule has 0 unspecified atom stereocenters. The van der Waals surface area contributed by atoms with Gasteiger partial charge in [0.1, 0.15) is 12.1 Å². The van der Waals surface area contributed by atoms with Crippen molar-refractivity contribution < 1.29 is 28.2 Å². The molecule has 13 heteroatoms. The Bertz CT molecular complexity index is 1250. The lowest BCUT2D eigenvalue weighted by Gasteiger charge is -2.17. The molecule has 3 aliphatic rings. The van der Waals surface area contributed by atoms with Crippen molar-refractivity contribution in [3.8, 4) is 0 Å². The van der Waals surface area contributed by atoms with Crippen LogP contribution in [0.15, 0.2) is 75.4 Å². The summed E-state index contributed by atoms with van der Waals surface area (Å²) < 4.78 is 35.2. The molecule has 0 radical (unpaired) electrons. The van der Waals surface area contributed by atoms with Crippen LogP contribution in [0.5, 0.6) is 0 Å². The number of ether oxygens (including phenoxy) is 1. The highest BCUT2D eigenvalue weighted by Crippen LogP contribution is 2.35. The number of nitro groups is 2. The Labute approximate surface area is 175 Å². The first kappa shape index (κ1) is 20.4. The zero-order chi connectivity index (χ0) is 22.3. The molecular formula is C18H14N4O8S. The molecule has 4 rings (SSSR count). The van der Waals surface area contributed by atoms with Crippen LogP contribution >= 0.6 is 0 Å². The van der Waals surface area contributed by atoms with Crippen LogP contribution in [0.3, 0.4) is 0 Å². The summed E-state index contributed by atoms with van der Waals surface area (Å²) in [7, 11) is -4.64. The van der Waals surface area contributed by atoms with E-state index in [9.17, 15) is 33.9 Å². The highest BCUT2D eigenvalue weighted by atomic mass is 32.2. The normalized spacial score (nSPS) is 25.7. The highest BCUT2D eigenvalue weighted by Gasteiger charge is 2.41. The van der Waals surface area contributed by atoms with Crippen LogP contribution in [0.4, 0.5) is 11.4 Å². The fraction of sp³-hybridized carbons (Fsp3) is 0.167. The summed E-state index contributed by atoms with van der Waals surface area (Å²) in [6.07, 6.45) is 9.68. The molecule has 0 spiro atoms. The van der Waals surface area contributed by atoms with Crippen LogP contribution in [0.2, 0.25) is 0 Å². The smallest absolute Gasteiger partial charge is 0.296 e. The van der Waals surface area contributed by atoms with Crippen LogP contribution in [0, 0.1) is 20.2 Å². The number of benzene rings is 1. The Morgan fingerprint density at radius 3 is 2.58 bits per heavy atom. The molecule has 2 aliphatic carbocycles. The average Bonchev–Trinajstić information content (AvgIpc) is 3.30. The van der Waals surface area contributed by atoms with E-state index in [-0.39, 0.29) is 23.2 Å². The van der Waals surface area contributed by atoms with Gasteiger partial charge in [0.2, 0.25) is 5.88 Å². The van der Waals surface area contributed by atoms with Crippen LogP contribution in [-0.4, -0.2) is 46.4 Å². The second-order valence-corrected chi connectivity index (χ2v) is 8.29. The van der Waals surface area contributed by atoms with E-state index >= 15 is 0 Å². The monoisotopic (exact) mass is 446 g/mol. The molecule has 0 aromatic heterocycles. The molecule has 1 saturated heterocycles. The van der Waals surface area contributed by atoms with E-state index in [1.807, 2.05) is 6.08 Å². The van der Waals surface area contributed by atoms with Crippen molar-refractivity contribution in [3.63, 3.8) is 0 Å². The van der Waals surface area contributed by atoms with Crippen LogP contribution in [-0.2, 0) is 14.8 Å². The number of rotatable bonds is 4. The average molecular weight is 446 g/mol. The summed E-state index contributed by atoms with van der Waals surface area (Å²) >= 11 is 0. The van der Waals surface area contributed by atoms with Gasteiger partial charge in [-0.05, 0) is 30.7 Å². The molecule has 0 saturated carbocycles. The second-order valence-electron chi connectivity index (χ2n) is 6.71. The van der Waals surface area contributed by atoms with Gasteiger partial charge in [0.05, 0.1) is 27.2 Å². The van der Waals surface area contributed by atoms with Crippen molar-refractivity contribution in [2.75, 3.05) is 0 Å². The molecule has 12 nitrogen and oxygen atoms in total. The zero-order valence-electron chi connectivity index (χ0n) is 15.6. The van der Waals surface area contributed by atoms with E-state index in [1.54, 1.807) is 12.2 Å². The number of allylic oxidation sites excluding steroid dienone is 5. The van der Waals surface area contributed by atoms with E-state index in [1.165, 1.54) is 18.2 Å². The topological polar surface area (TPSA) is 165 Å². The third-order valence-electron chi connectivity index (χ3n) is 4.83. The molecule has 1 aromatic rings. The first-order valence-electron chi connectivity index (χ1n) is 8.87. The fourth-order valence-electron chi connectivity index (χ4n) is 3.38. The van der Waals surface area contributed by atoms with Gasteiger partial charge in [-0.25, -0.2) is 5.06 Å². The van der Waals surface area contributed by atoms with E-state index in [0.717, 1.165) is 17.2 Å². The first-order valence-corrected chi connectivity index (χ1v) is 10.3. The second kappa shape index (κ2) is 7.45. The SMILES string of the molecule is O=[N+]([O-])c1ccc(S(=O)(=O)/N=C2\C=CC=C\C2=C2\O[C@@H]3C=CC[C@@H]3N2O)c([N+](=O)[O-])c1. The Kier molecular flexibility index (Phi) is 4.91. The van der Waals surface area contributed by atoms with Gasteiger partial charge in [-0.3, -0.25) is 25.4 Å². The van der Waals surface area contributed by atoms with Crippen molar-refractivity contribution in [1.82, 2.24) is 5.06 Å². The third kappa shape index (κ3) is 3.60. The number of fused-ring (bicyclic) bond motifs is 1. The summed E-state index contributed by atoms with van der Waals surface area (Å²) in [6.45, 7) is 0. The van der Waals surface area contributed by atoms with Crippen molar-refractivity contribution >= 4 is 27.1 Å². The maximum absolute atomic E-state index is 12.9. The van der Waals surface area contributed by atoms with E-state index < -0.39 is 42.2 Å². The maximum Gasteiger partial charge on any atom is 0.296 e. The van der Waals surface area contributed by atoms with Crippen LogP contribution in [0.25, 0.3) is 0 Å². The minimum Gasteiger partial charge on any atom is -0.467 e. The van der Waals surface area contributed by atoms with Gasteiger partial charge in [-0.1, -0.05) is 18.2 Å². The molecule has 0 amide bonds. The molecule has 1 aliphatic heterocycles. The van der Waals surface area contributed by atoms with Gasteiger partial charge >= 0.3 is 0 Å².